The second-order valence-electron chi connectivity index (χ2n) is 6.24. The lowest BCUT2D eigenvalue weighted by Crippen LogP contribution is -2.64. The van der Waals surface area contributed by atoms with Crippen molar-refractivity contribution in [1.29, 1.82) is 0 Å². The number of rotatable bonds is 6. The number of hydrogen-bond acceptors (Lipinski definition) is 3. The van der Waals surface area contributed by atoms with Gasteiger partial charge < -0.3 is 14.7 Å². The molecule has 0 atom stereocenters. The van der Waals surface area contributed by atoms with E-state index >= 15 is 0 Å². The van der Waals surface area contributed by atoms with Gasteiger partial charge in [0.05, 0.1) is 18.7 Å². The number of hydrogen-bond donors (Lipinski definition) is 1. The molecule has 0 radical (unpaired) electrons. The third-order valence-corrected chi connectivity index (χ3v) is 3.95. The van der Waals surface area contributed by atoms with Gasteiger partial charge in [0.25, 0.3) is 5.91 Å². The second-order valence-corrected chi connectivity index (χ2v) is 6.24. The van der Waals surface area contributed by atoms with E-state index in [-0.39, 0.29) is 12.5 Å². The van der Waals surface area contributed by atoms with Crippen molar-refractivity contribution >= 4 is 5.91 Å². The maximum absolute atomic E-state index is 12.0. The molecule has 1 amide bonds. The number of amides is 1. The van der Waals surface area contributed by atoms with Gasteiger partial charge in [-0.15, -0.1) is 0 Å². The Morgan fingerprint density at radius 1 is 1.33 bits per heavy atom. The number of ether oxygens (including phenoxy) is 1. The molecule has 1 saturated heterocycles. The van der Waals surface area contributed by atoms with Crippen LogP contribution in [0.2, 0.25) is 0 Å². The maximum Gasteiger partial charge on any atom is 0.260 e. The van der Waals surface area contributed by atoms with Crippen molar-refractivity contribution in [2.45, 2.75) is 45.1 Å². The molecule has 21 heavy (non-hydrogen) atoms. The fourth-order valence-electron chi connectivity index (χ4n) is 2.65. The van der Waals surface area contributed by atoms with Crippen LogP contribution in [0.1, 0.15) is 45.1 Å². The topological polar surface area (TPSA) is 49.8 Å². The zero-order chi connectivity index (χ0) is 15.5. The van der Waals surface area contributed by atoms with Gasteiger partial charge in [-0.25, -0.2) is 0 Å². The maximum atomic E-state index is 12.0. The molecule has 0 spiro atoms. The number of aliphatic hydroxyl groups is 1. The van der Waals surface area contributed by atoms with Crippen molar-refractivity contribution in [3.8, 4) is 5.75 Å². The van der Waals surface area contributed by atoms with Gasteiger partial charge >= 0.3 is 0 Å². The largest absolute Gasteiger partial charge is 0.484 e. The Kier molecular flexibility index (Phi) is 4.88. The molecule has 1 aromatic carbocycles. The lowest BCUT2D eigenvalue weighted by atomic mass is 9.89. The minimum absolute atomic E-state index is 0.0310. The Bertz CT molecular complexity index is 475. The molecule has 4 nitrogen and oxygen atoms in total. The van der Waals surface area contributed by atoms with E-state index in [0.717, 1.165) is 12.8 Å². The molecule has 1 aliphatic heterocycles. The highest BCUT2D eigenvalue weighted by Crippen LogP contribution is 2.26. The van der Waals surface area contributed by atoms with E-state index in [9.17, 15) is 9.90 Å². The van der Waals surface area contributed by atoms with Crippen LogP contribution in [-0.2, 0) is 4.79 Å². The summed E-state index contributed by atoms with van der Waals surface area (Å²) < 4.78 is 5.51. The summed E-state index contributed by atoms with van der Waals surface area (Å²) in [5, 5.41) is 10.1. The average molecular weight is 291 g/mol. The van der Waals surface area contributed by atoms with Crippen molar-refractivity contribution in [2.75, 3.05) is 19.7 Å². The predicted octanol–water partition coefficient (Wildman–Crippen LogP) is 2.56. The molecule has 0 unspecified atom stereocenters. The Morgan fingerprint density at radius 2 is 1.95 bits per heavy atom. The Labute approximate surface area is 126 Å². The molecule has 1 aromatic rings. The monoisotopic (exact) mass is 291 g/mol. The molecule has 1 N–H and O–H groups in total. The van der Waals surface area contributed by atoms with Gasteiger partial charge in [-0.3, -0.25) is 4.79 Å². The Hall–Kier alpha value is -1.55. The summed E-state index contributed by atoms with van der Waals surface area (Å²) in [5.74, 6) is 1.12. The van der Waals surface area contributed by atoms with Crippen LogP contribution in [0.4, 0.5) is 0 Å². The summed E-state index contributed by atoms with van der Waals surface area (Å²) in [6.45, 7) is 7.20. The summed E-state index contributed by atoms with van der Waals surface area (Å²) >= 11 is 0. The summed E-state index contributed by atoms with van der Waals surface area (Å²) in [7, 11) is 0. The first-order valence-corrected chi connectivity index (χ1v) is 7.66. The average Bonchev–Trinajstić information content (AvgIpc) is 2.42. The van der Waals surface area contributed by atoms with Crippen LogP contribution >= 0.6 is 0 Å². The van der Waals surface area contributed by atoms with Gasteiger partial charge in [-0.1, -0.05) is 39.3 Å². The smallest absolute Gasteiger partial charge is 0.260 e. The molecule has 116 valence electrons. The number of carbonyl (C=O) groups excluding carboxylic acids is 1. The summed E-state index contributed by atoms with van der Waals surface area (Å²) in [6, 6.07) is 7.83. The molecule has 0 bridgehead atoms. The van der Waals surface area contributed by atoms with Crippen molar-refractivity contribution < 1.29 is 14.6 Å². The molecule has 1 heterocycles. The van der Waals surface area contributed by atoms with Crippen LogP contribution in [0.15, 0.2) is 24.3 Å². The fraction of sp³-hybridized carbons (Fsp3) is 0.588. The first kappa shape index (κ1) is 15.8. The highest BCUT2D eigenvalue weighted by molar-refractivity contribution is 5.79. The lowest BCUT2D eigenvalue weighted by molar-refractivity contribution is -0.158. The van der Waals surface area contributed by atoms with E-state index in [1.54, 1.807) is 4.90 Å². The van der Waals surface area contributed by atoms with Crippen molar-refractivity contribution in [3.05, 3.63) is 29.8 Å². The fourth-order valence-corrected chi connectivity index (χ4v) is 2.65. The van der Waals surface area contributed by atoms with Gasteiger partial charge in [0.15, 0.2) is 6.61 Å². The van der Waals surface area contributed by atoms with Crippen LogP contribution in [0, 0.1) is 0 Å². The van der Waals surface area contributed by atoms with E-state index in [0.29, 0.717) is 24.8 Å². The molecule has 0 aromatic heterocycles. The first-order chi connectivity index (χ1) is 9.93. The quantitative estimate of drug-likeness (QED) is 0.876. The minimum Gasteiger partial charge on any atom is -0.484 e. The van der Waals surface area contributed by atoms with Crippen LogP contribution < -0.4 is 4.74 Å². The summed E-state index contributed by atoms with van der Waals surface area (Å²) in [5.41, 5.74) is 0.574. The van der Waals surface area contributed by atoms with Gasteiger partial charge in [0, 0.05) is 0 Å². The lowest BCUT2D eigenvalue weighted by Gasteiger charge is -2.46. The Morgan fingerprint density at radius 3 is 2.48 bits per heavy atom. The normalized spacial score (nSPS) is 16.7. The van der Waals surface area contributed by atoms with Gasteiger partial charge in [0.2, 0.25) is 0 Å². The SMILES string of the molecule is CCCC1(O)CN(C(=O)COc2ccc(C(C)C)cc2)C1. The van der Waals surface area contributed by atoms with E-state index < -0.39 is 5.60 Å². The van der Waals surface area contributed by atoms with Crippen LogP contribution in [0.5, 0.6) is 5.75 Å². The number of nitrogens with zero attached hydrogens (tertiary/aromatic N) is 1. The molecule has 1 aliphatic rings. The molecule has 0 aliphatic carbocycles. The van der Waals surface area contributed by atoms with Gasteiger partial charge in [-0.05, 0) is 30.0 Å². The standard InChI is InChI=1S/C17H25NO3/c1-4-9-17(20)11-18(12-17)16(19)10-21-15-7-5-14(6-8-15)13(2)3/h5-8,13,20H,4,9-12H2,1-3H3. The molecular weight excluding hydrogens is 266 g/mol. The second kappa shape index (κ2) is 6.48. The van der Waals surface area contributed by atoms with Crippen molar-refractivity contribution in [2.24, 2.45) is 0 Å². The van der Waals surface area contributed by atoms with Crippen molar-refractivity contribution in [3.63, 3.8) is 0 Å². The zero-order valence-corrected chi connectivity index (χ0v) is 13.1. The van der Waals surface area contributed by atoms with E-state index in [1.165, 1.54) is 5.56 Å². The molecule has 2 rings (SSSR count). The summed E-state index contributed by atoms with van der Waals surface area (Å²) in [6.07, 6.45) is 1.67. The third kappa shape index (κ3) is 3.97. The van der Waals surface area contributed by atoms with E-state index in [4.69, 9.17) is 4.74 Å². The number of β-amino-alcohol motifs (C(OH)–C–C–N with tert-alkyl or cyclic N) is 1. The Balaban J connectivity index is 1.77. The van der Waals surface area contributed by atoms with E-state index in [1.807, 2.05) is 31.2 Å². The number of likely N-dealkylation sites (tertiary alicyclic amines) is 1. The highest BCUT2D eigenvalue weighted by atomic mass is 16.5. The molecule has 4 heteroatoms. The summed E-state index contributed by atoms with van der Waals surface area (Å²) in [4.78, 5) is 13.6. The number of benzene rings is 1. The minimum atomic E-state index is -0.677. The van der Waals surface area contributed by atoms with Crippen molar-refractivity contribution in [1.82, 2.24) is 4.90 Å². The van der Waals surface area contributed by atoms with Crippen LogP contribution in [-0.4, -0.2) is 41.2 Å². The zero-order valence-electron chi connectivity index (χ0n) is 13.1. The van der Waals surface area contributed by atoms with Gasteiger partial charge in [0.1, 0.15) is 5.75 Å². The van der Waals surface area contributed by atoms with E-state index in [2.05, 4.69) is 13.8 Å². The first-order valence-electron chi connectivity index (χ1n) is 7.66. The predicted molar refractivity (Wildman–Crippen MR) is 82.5 cm³/mol. The van der Waals surface area contributed by atoms with Crippen LogP contribution in [0.25, 0.3) is 0 Å². The molecule has 0 saturated carbocycles. The molecular formula is C17H25NO3. The third-order valence-electron chi connectivity index (χ3n) is 3.95. The molecule has 1 fully saturated rings. The van der Waals surface area contributed by atoms with Crippen LogP contribution in [0.3, 0.4) is 0 Å². The van der Waals surface area contributed by atoms with Gasteiger partial charge in [-0.2, -0.15) is 0 Å². The number of carbonyl (C=O) groups is 1. The highest BCUT2D eigenvalue weighted by Gasteiger charge is 2.42.